The van der Waals surface area contributed by atoms with Crippen LogP contribution in [0.5, 0.6) is 11.5 Å². The van der Waals surface area contributed by atoms with E-state index in [9.17, 15) is 9.59 Å². The fourth-order valence-corrected chi connectivity index (χ4v) is 2.00. The van der Waals surface area contributed by atoms with Gasteiger partial charge in [-0.3, -0.25) is 5.32 Å². The predicted octanol–water partition coefficient (Wildman–Crippen LogP) is 3.16. The minimum Gasteiger partial charge on any atom is -0.493 e. The maximum atomic E-state index is 12.1. The third-order valence-corrected chi connectivity index (χ3v) is 2.88. The third kappa shape index (κ3) is 3.74. The van der Waals surface area contributed by atoms with E-state index >= 15 is 0 Å². The van der Waals surface area contributed by atoms with Gasteiger partial charge in [-0.05, 0) is 39.0 Å². The Kier molecular flexibility index (Phi) is 4.49. The molecule has 0 unspecified atom stereocenters. The Hall–Kier alpha value is -2.70. The van der Waals surface area contributed by atoms with E-state index in [1.165, 1.54) is 20.3 Å². The van der Waals surface area contributed by atoms with Crippen molar-refractivity contribution in [3.05, 3.63) is 28.6 Å². The van der Waals surface area contributed by atoms with E-state index in [0.717, 1.165) is 0 Å². The summed E-state index contributed by atoms with van der Waals surface area (Å²) in [5.74, 6) is 0.752. The van der Waals surface area contributed by atoms with Crippen LogP contribution < -0.4 is 20.4 Å². The summed E-state index contributed by atoms with van der Waals surface area (Å²) in [6.07, 6.45) is -0.732. The number of amides is 1. The Morgan fingerprint density at radius 2 is 1.87 bits per heavy atom. The fraction of sp³-hybridized carbons (Fsp3) is 0.375. The van der Waals surface area contributed by atoms with Crippen LogP contribution in [0.3, 0.4) is 0 Å². The molecule has 0 aliphatic rings. The molecular weight excluding hydrogens is 302 g/mol. The minimum absolute atomic E-state index is 0.0148. The highest BCUT2D eigenvalue weighted by Gasteiger charge is 2.19. The molecule has 1 aromatic heterocycles. The summed E-state index contributed by atoms with van der Waals surface area (Å²) in [5.41, 5.74) is -1.15. The average Bonchev–Trinajstić information content (AvgIpc) is 2.45. The van der Waals surface area contributed by atoms with Gasteiger partial charge >= 0.3 is 11.7 Å². The number of fused-ring (bicyclic) bond motifs is 1. The van der Waals surface area contributed by atoms with Gasteiger partial charge in [-0.15, -0.1) is 0 Å². The lowest BCUT2D eigenvalue weighted by Crippen LogP contribution is -2.28. The molecule has 0 aliphatic carbocycles. The van der Waals surface area contributed by atoms with E-state index < -0.39 is 17.3 Å². The van der Waals surface area contributed by atoms with Crippen molar-refractivity contribution < 1.29 is 23.4 Å². The third-order valence-electron chi connectivity index (χ3n) is 2.88. The lowest BCUT2D eigenvalue weighted by Gasteiger charge is -2.19. The van der Waals surface area contributed by atoms with Gasteiger partial charge in [-0.1, -0.05) is 0 Å². The molecule has 0 fully saturated rings. The predicted molar refractivity (Wildman–Crippen MR) is 85.4 cm³/mol. The van der Waals surface area contributed by atoms with E-state index in [4.69, 9.17) is 18.6 Å². The molecule has 0 saturated heterocycles. The van der Waals surface area contributed by atoms with Crippen molar-refractivity contribution >= 4 is 22.7 Å². The van der Waals surface area contributed by atoms with Gasteiger partial charge in [-0.25, -0.2) is 9.59 Å². The van der Waals surface area contributed by atoms with E-state index in [2.05, 4.69) is 5.32 Å². The van der Waals surface area contributed by atoms with Crippen LogP contribution in [-0.4, -0.2) is 25.9 Å². The van der Waals surface area contributed by atoms with Crippen LogP contribution in [0, 0.1) is 0 Å². The van der Waals surface area contributed by atoms with Gasteiger partial charge in [0.15, 0.2) is 11.3 Å². The van der Waals surface area contributed by atoms with E-state index in [-0.39, 0.29) is 11.3 Å². The molecule has 2 aromatic rings. The number of benzene rings is 1. The van der Waals surface area contributed by atoms with Crippen LogP contribution in [0.2, 0.25) is 0 Å². The topological polar surface area (TPSA) is 87.0 Å². The van der Waals surface area contributed by atoms with Crippen LogP contribution in [0.4, 0.5) is 10.5 Å². The molecule has 1 amide bonds. The van der Waals surface area contributed by atoms with Crippen molar-refractivity contribution in [2.75, 3.05) is 19.5 Å². The number of hydrogen-bond donors (Lipinski definition) is 1. The highest BCUT2D eigenvalue weighted by molar-refractivity contribution is 5.91. The van der Waals surface area contributed by atoms with E-state index in [0.29, 0.717) is 16.9 Å². The molecular formula is C16H19NO6. The lowest BCUT2D eigenvalue weighted by molar-refractivity contribution is 0.0635. The van der Waals surface area contributed by atoms with Crippen LogP contribution >= 0.6 is 0 Å². The smallest absolute Gasteiger partial charge is 0.412 e. The largest absolute Gasteiger partial charge is 0.493 e. The highest BCUT2D eigenvalue weighted by atomic mass is 16.6. The Morgan fingerprint density at radius 1 is 1.17 bits per heavy atom. The molecule has 1 heterocycles. The maximum Gasteiger partial charge on any atom is 0.412 e. The van der Waals surface area contributed by atoms with E-state index in [1.807, 2.05) is 0 Å². The van der Waals surface area contributed by atoms with Gasteiger partial charge < -0.3 is 18.6 Å². The monoisotopic (exact) mass is 321 g/mol. The van der Waals surface area contributed by atoms with Crippen molar-refractivity contribution in [2.24, 2.45) is 0 Å². The SMILES string of the molecule is COc1ccc2cc(NC(=O)OC(C)(C)C)c(=O)oc2c1OC. The molecule has 2 rings (SSSR count). The number of rotatable bonds is 3. The molecule has 0 bridgehead atoms. The first-order valence-corrected chi connectivity index (χ1v) is 6.94. The Balaban J connectivity index is 2.43. The van der Waals surface area contributed by atoms with Gasteiger partial charge in [0, 0.05) is 5.39 Å². The lowest BCUT2D eigenvalue weighted by atomic mass is 10.2. The van der Waals surface area contributed by atoms with Gasteiger partial charge in [0.1, 0.15) is 11.3 Å². The number of ether oxygens (including phenoxy) is 3. The molecule has 1 N–H and O–H groups in total. The van der Waals surface area contributed by atoms with Crippen LogP contribution in [0.1, 0.15) is 20.8 Å². The molecule has 7 heteroatoms. The summed E-state index contributed by atoms with van der Waals surface area (Å²) in [7, 11) is 2.93. The Labute approximate surface area is 133 Å². The number of hydrogen-bond acceptors (Lipinski definition) is 6. The van der Waals surface area contributed by atoms with Crippen molar-refractivity contribution in [3.63, 3.8) is 0 Å². The quantitative estimate of drug-likeness (QED) is 0.874. The first-order chi connectivity index (χ1) is 10.7. The van der Waals surface area contributed by atoms with Crippen LogP contribution in [0.25, 0.3) is 11.0 Å². The average molecular weight is 321 g/mol. The maximum absolute atomic E-state index is 12.1. The van der Waals surface area contributed by atoms with Gasteiger partial charge in [0.25, 0.3) is 0 Å². The summed E-state index contributed by atoms with van der Waals surface area (Å²) >= 11 is 0. The van der Waals surface area contributed by atoms with E-state index in [1.54, 1.807) is 32.9 Å². The summed E-state index contributed by atoms with van der Waals surface area (Å²) < 4.78 is 20.8. The van der Waals surface area contributed by atoms with Crippen molar-refractivity contribution in [1.82, 2.24) is 0 Å². The van der Waals surface area contributed by atoms with Crippen molar-refractivity contribution in [2.45, 2.75) is 26.4 Å². The zero-order valence-corrected chi connectivity index (χ0v) is 13.7. The number of anilines is 1. The number of carbonyl (C=O) groups excluding carboxylic acids is 1. The number of nitrogens with one attached hydrogen (secondary N) is 1. The summed E-state index contributed by atoms with van der Waals surface area (Å²) in [6, 6.07) is 4.87. The zero-order chi connectivity index (χ0) is 17.2. The second kappa shape index (κ2) is 6.20. The first kappa shape index (κ1) is 16.7. The summed E-state index contributed by atoms with van der Waals surface area (Å²) in [6.45, 7) is 5.19. The van der Waals surface area contributed by atoms with Gasteiger partial charge in [0.2, 0.25) is 5.75 Å². The standard InChI is InChI=1S/C16H19NO6/c1-16(2,3)23-15(19)17-10-8-9-6-7-11(20-4)13(21-5)12(9)22-14(10)18/h6-8H,1-5H3,(H,17,19). The van der Waals surface area contributed by atoms with Gasteiger partial charge in [0.05, 0.1) is 14.2 Å². The molecule has 0 saturated carbocycles. The molecule has 0 radical (unpaired) electrons. The zero-order valence-electron chi connectivity index (χ0n) is 13.7. The first-order valence-electron chi connectivity index (χ1n) is 6.94. The number of methoxy groups -OCH3 is 2. The molecule has 1 aromatic carbocycles. The summed E-state index contributed by atoms with van der Waals surface area (Å²) in [4.78, 5) is 23.9. The van der Waals surface area contributed by atoms with Crippen molar-refractivity contribution in [3.8, 4) is 11.5 Å². The van der Waals surface area contributed by atoms with Crippen LogP contribution in [-0.2, 0) is 4.74 Å². The number of carbonyl (C=O) groups is 1. The Morgan fingerprint density at radius 3 is 2.43 bits per heavy atom. The molecule has 124 valence electrons. The molecule has 23 heavy (non-hydrogen) atoms. The molecule has 7 nitrogen and oxygen atoms in total. The Bertz CT molecular complexity index is 787. The van der Waals surface area contributed by atoms with Gasteiger partial charge in [-0.2, -0.15) is 0 Å². The van der Waals surface area contributed by atoms with Crippen molar-refractivity contribution in [1.29, 1.82) is 0 Å². The normalized spacial score (nSPS) is 11.2. The molecule has 0 spiro atoms. The fourth-order valence-electron chi connectivity index (χ4n) is 2.00. The second-order valence-corrected chi connectivity index (χ2v) is 5.79. The molecule has 0 aliphatic heterocycles. The summed E-state index contributed by atoms with van der Waals surface area (Å²) in [5, 5.41) is 2.96. The molecule has 0 atom stereocenters. The minimum atomic E-state index is -0.732. The highest BCUT2D eigenvalue weighted by Crippen LogP contribution is 2.35. The van der Waals surface area contributed by atoms with Crippen LogP contribution in [0.15, 0.2) is 27.4 Å². The second-order valence-electron chi connectivity index (χ2n) is 5.79.